The van der Waals surface area contributed by atoms with E-state index in [4.69, 9.17) is 5.73 Å². The lowest BCUT2D eigenvalue weighted by atomic mass is 9.95. The quantitative estimate of drug-likeness (QED) is 0.836. The van der Waals surface area contributed by atoms with Crippen LogP contribution >= 0.6 is 0 Å². The smallest absolute Gasteiger partial charge is 0.223 e. The first-order valence-electron chi connectivity index (χ1n) is 9.03. The number of pyridine rings is 1. The average molecular weight is 331 g/mol. The second-order valence-corrected chi connectivity index (χ2v) is 7.06. The topological polar surface area (TPSA) is 74.5 Å². The van der Waals surface area contributed by atoms with Gasteiger partial charge >= 0.3 is 0 Å². The Balaban J connectivity index is 1.56. The molecule has 6 heteroatoms. The van der Waals surface area contributed by atoms with Gasteiger partial charge in [-0.25, -0.2) is 4.98 Å². The molecule has 1 aliphatic carbocycles. The van der Waals surface area contributed by atoms with Crippen LogP contribution < -0.4 is 16.0 Å². The molecule has 24 heavy (non-hydrogen) atoms. The summed E-state index contributed by atoms with van der Waals surface area (Å²) in [6, 6.07) is 4.08. The van der Waals surface area contributed by atoms with Crippen LogP contribution in [0.15, 0.2) is 18.3 Å². The Labute approximate surface area is 144 Å². The molecular formula is C18H29N5O. The zero-order chi connectivity index (χ0) is 16.9. The summed E-state index contributed by atoms with van der Waals surface area (Å²) in [5.74, 6) is 1.61. The predicted molar refractivity (Wildman–Crippen MR) is 95.7 cm³/mol. The van der Waals surface area contributed by atoms with E-state index in [2.05, 4.69) is 33.2 Å². The van der Waals surface area contributed by atoms with Crippen LogP contribution in [0.1, 0.15) is 24.8 Å². The highest BCUT2D eigenvalue weighted by Gasteiger charge is 2.31. The van der Waals surface area contributed by atoms with E-state index in [1.54, 1.807) is 0 Å². The second-order valence-electron chi connectivity index (χ2n) is 7.06. The molecule has 1 saturated carbocycles. The zero-order valence-corrected chi connectivity index (χ0v) is 14.6. The molecule has 6 nitrogen and oxygen atoms in total. The summed E-state index contributed by atoms with van der Waals surface area (Å²) in [5, 5.41) is 3.09. The normalized spacial score (nSPS) is 25.0. The van der Waals surface area contributed by atoms with Crippen LogP contribution in [0, 0.1) is 11.8 Å². The Morgan fingerprint density at radius 2 is 2.12 bits per heavy atom. The number of nitrogens with zero attached hydrogens (tertiary/aromatic N) is 3. The van der Waals surface area contributed by atoms with Gasteiger partial charge in [0.25, 0.3) is 0 Å². The molecule has 1 amide bonds. The van der Waals surface area contributed by atoms with Gasteiger partial charge in [-0.15, -0.1) is 0 Å². The third-order valence-corrected chi connectivity index (χ3v) is 5.40. The molecule has 2 atom stereocenters. The lowest BCUT2D eigenvalue weighted by Gasteiger charge is -2.33. The second kappa shape index (κ2) is 7.94. The SMILES string of the molecule is CN1CCN(c2cc(CNC(=O)[C@@H]3CCC[C@@H]3CN)ccn2)CC1. The molecule has 2 heterocycles. The van der Waals surface area contributed by atoms with Crippen molar-refractivity contribution in [2.45, 2.75) is 25.8 Å². The third-order valence-electron chi connectivity index (χ3n) is 5.40. The Bertz CT molecular complexity index is 556. The van der Waals surface area contributed by atoms with Crippen molar-refractivity contribution < 1.29 is 4.79 Å². The fourth-order valence-corrected chi connectivity index (χ4v) is 3.76. The monoisotopic (exact) mass is 331 g/mol. The van der Waals surface area contributed by atoms with Crippen LogP contribution in [0.2, 0.25) is 0 Å². The predicted octanol–water partition coefficient (Wildman–Crippen LogP) is 0.825. The van der Waals surface area contributed by atoms with E-state index < -0.39 is 0 Å². The number of hydrogen-bond acceptors (Lipinski definition) is 5. The van der Waals surface area contributed by atoms with Crippen LogP contribution in [-0.4, -0.2) is 55.6 Å². The maximum absolute atomic E-state index is 12.4. The first kappa shape index (κ1) is 17.2. The van der Waals surface area contributed by atoms with E-state index in [0.717, 1.165) is 56.8 Å². The fourth-order valence-electron chi connectivity index (χ4n) is 3.76. The maximum Gasteiger partial charge on any atom is 0.223 e. The number of likely N-dealkylation sites (N-methyl/N-ethyl adjacent to an activating group) is 1. The number of nitrogens with one attached hydrogen (secondary N) is 1. The lowest BCUT2D eigenvalue weighted by molar-refractivity contribution is -0.126. The van der Waals surface area contributed by atoms with E-state index in [1.807, 2.05) is 12.3 Å². The molecule has 0 unspecified atom stereocenters. The van der Waals surface area contributed by atoms with Crippen molar-refractivity contribution in [2.75, 3.05) is 44.7 Å². The molecule has 0 bridgehead atoms. The number of nitrogens with two attached hydrogens (primary N) is 1. The largest absolute Gasteiger partial charge is 0.354 e. The van der Waals surface area contributed by atoms with E-state index >= 15 is 0 Å². The molecule has 3 N–H and O–H groups in total. The number of piperazine rings is 1. The van der Waals surface area contributed by atoms with E-state index in [1.165, 1.54) is 0 Å². The molecule has 2 aliphatic rings. The van der Waals surface area contributed by atoms with Gasteiger partial charge in [0.05, 0.1) is 0 Å². The number of rotatable bonds is 5. The van der Waals surface area contributed by atoms with Gasteiger partial charge in [0.1, 0.15) is 5.82 Å². The average Bonchev–Trinajstić information content (AvgIpc) is 3.09. The number of aromatic nitrogens is 1. The third kappa shape index (κ3) is 4.05. The first-order chi connectivity index (χ1) is 11.7. The van der Waals surface area contributed by atoms with Crippen LogP contribution in [-0.2, 0) is 11.3 Å². The Kier molecular flexibility index (Phi) is 5.68. The minimum Gasteiger partial charge on any atom is -0.354 e. The molecule has 0 radical (unpaired) electrons. The summed E-state index contributed by atoms with van der Waals surface area (Å²) in [6.45, 7) is 5.30. The number of carbonyl (C=O) groups is 1. The zero-order valence-electron chi connectivity index (χ0n) is 14.6. The Morgan fingerprint density at radius 1 is 1.33 bits per heavy atom. The molecule has 2 fully saturated rings. The molecular weight excluding hydrogens is 302 g/mol. The van der Waals surface area contributed by atoms with Crippen LogP contribution in [0.3, 0.4) is 0 Å². The van der Waals surface area contributed by atoms with Crippen LogP contribution in [0.4, 0.5) is 5.82 Å². The standard InChI is InChI=1S/C18H29N5O/c1-22-7-9-23(10-8-22)17-11-14(5-6-20-17)13-21-18(24)16-4-2-3-15(16)12-19/h5-6,11,15-16H,2-4,7-10,12-13,19H2,1H3,(H,21,24)/t15-,16-/m1/s1. The lowest BCUT2D eigenvalue weighted by Crippen LogP contribution is -2.44. The molecule has 1 aliphatic heterocycles. The maximum atomic E-state index is 12.4. The van der Waals surface area contributed by atoms with Crippen molar-refractivity contribution in [3.63, 3.8) is 0 Å². The number of carbonyl (C=O) groups excluding carboxylic acids is 1. The summed E-state index contributed by atoms with van der Waals surface area (Å²) in [7, 11) is 2.15. The summed E-state index contributed by atoms with van der Waals surface area (Å²) in [6.07, 6.45) is 5.00. The minimum absolute atomic E-state index is 0.0916. The summed E-state index contributed by atoms with van der Waals surface area (Å²) in [4.78, 5) is 21.6. The highest BCUT2D eigenvalue weighted by Crippen LogP contribution is 2.31. The number of amides is 1. The van der Waals surface area contributed by atoms with Crippen molar-refractivity contribution in [1.29, 1.82) is 0 Å². The van der Waals surface area contributed by atoms with Gasteiger partial charge < -0.3 is 20.9 Å². The number of hydrogen-bond donors (Lipinski definition) is 2. The minimum atomic E-state index is 0.0916. The highest BCUT2D eigenvalue weighted by atomic mass is 16.1. The van der Waals surface area contributed by atoms with Gasteiger partial charge in [0.2, 0.25) is 5.91 Å². The van der Waals surface area contributed by atoms with Gasteiger partial charge in [0, 0.05) is 44.8 Å². The van der Waals surface area contributed by atoms with E-state index in [-0.39, 0.29) is 11.8 Å². The molecule has 1 aromatic rings. The summed E-state index contributed by atoms with van der Waals surface area (Å²) < 4.78 is 0. The fraction of sp³-hybridized carbons (Fsp3) is 0.667. The first-order valence-corrected chi connectivity index (χ1v) is 9.03. The molecule has 0 aromatic carbocycles. The molecule has 1 aromatic heterocycles. The highest BCUT2D eigenvalue weighted by molar-refractivity contribution is 5.79. The molecule has 1 saturated heterocycles. The van der Waals surface area contributed by atoms with Crippen molar-refractivity contribution in [3.05, 3.63) is 23.9 Å². The summed E-state index contributed by atoms with van der Waals surface area (Å²) in [5.41, 5.74) is 6.89. The van der Waals surface area contributed by atoms with E-state index in [0.29, 0.717) is 19.0 Å². The van der Waals surface area contributed by atoms with Crippen LogP contribution in [0.5, 0.6) is 0 Å². The van der Waals surface area contributed by atoms with Gasteiger partial charge in [-0.2, -0.15) is 0 Å². The van der Waals surface area contributed by atoms with Gasteiger partial charge in [-0.1, -0.05) is 6.42 Å². The Hall–Kier alpha value is -1.66. The van der Waals surface area contributed by atoms with Gasteiger partial charge in [-0.05, 0) is 50.0 Å². The number of anilines is 1. The van der Waals surface area contributed by atoms with Crippen molar-refractivity contribution in [1.82, 2.24) is 15.2 Å². The van der Waals surface area contributed by atoms with Gasteiger partial charge in [-0.3, -0.25) is 4.79 Å². The summed E-state index contributed by atoms with van der Waals surface area (Å²) >= 11 is 0. The molecule has 0 spiro atoms. The van der Waals surface area contributed by atoms with Crippen molar-refractivity contribution in [2.24, 2.45) is 17.6 Å². The van der Waals surface area contributed by atoms with Crippen molar-refractivity contribution >= 4 is 11.7 Å². The van der Waals surface area contributed by atoms with E-state index in [9.17, 15) is 4.79 Å². The van der Waals surface area contributed by atoms with Gasteiger partial charge in [0.15, 0.2) is 0 Å². The molecule has 3 rings (SSSR count). The Morgan fingerprint density at radius 3 is 2.88 bits per heavy atom. The molecule has 132 valence electrons. The van der Waals surface area contributed by atoms with Crippen LogP contribution in [0.25, 0.3) is 0 Å². The van der Waals surface area contributed by atoms with Crippen molar-refractivity contribution in [3.8, 4) is 0 Å².